The number of rotatable bonds is 1. The molecule has 0 unspecified atom stereocenters. The molecule has 0 amide bonds. The lowest BCUT2D eigenvalue weighted by Crippen LogP contribution is -2.17. The van der Waals surface area contributed by atoms with Crippen LogP contribution in [-0.4, -0.2) is 11.6 Å². The number of hydrogen-bond donors (Lipinski definition) is 0. The highest BCUT2D eigenvalue weighted by molar-refractivity contribution is 5.91. The van der Waals surface area contributed by atoms with Crippen molar-refractivity contribution in [3.8, 4) is 0 Å². The summed E-state index contributed by atoms with van der Waals surface area (Å²) in [6.07, 6.45) is 1.69. The van der Waals surface area contributed by atoms with Crippen molar-refractivity contribution in [2.45, 2.75) is 46.1 Å². The van der Waals surface area contributed by atoms with Gasteiger partial charge in [0, 0.05) is 12.0 Å². The van der Waals surface area contributed by atoms with Crippen LogP contribution < -0.4 is 0 Å². The lowest BCUT2D eigenvalue weighted by molar-refractivity contribution is -0.143. The molecular weight excluding hydrogens is 152 g/mol. The summed E-state index contributed by atoms with van der Waals surface area (Å²) >= 11 is 0. The Labute approximate surface area is 73.6 Å². The summed E-state index contributed by atoms with van der Waals surface area (Å²) in [5.41, 5.74) is 1.75. The number of cyclic esters (lactones) is 1. The van der Waals surface area contributed by atoms with Gasteiger partial charge in [0.15, 0.2) is 0 Å². The molecule has 2 heteroatoms. The van der Waals surface area contributed by atoms with Crippen molar-refractivity contribution >= 4 is 5.97 Å². The Morgan fingerprint density at radius 2 is 2.17 bits per heavy atom. The van der Waals surface area contributed by atoms with Gasteiger partial charge in [-0.2, -0.15) is 0 Å². The molecule has 0 radical (unpaired) electrons. The maximum Gasteiger partial charge on any atom is 0.334 e. The summed E-state index contributed by atoms with van der Waals surface area (Å²) in [5.74, 6) is -0.126. The molecule has 68 valence electrons. The standard InChI is InChI=1S/C10H16O2/c1-5-7(2)8-6-10(3,4)12-9(8)11/h5-6H2,1-4H3/b8-7-. The smallest absolute Gasteiger partial charge is 0.334 e. The van der Waals surface area contributed by atoms with Crippen LogP contribution in [0.4, 0.5) is 0 Å². The van der Waals surface area contributed by atoms with Crippen molar-refractivity contribution in [1.82, 2.24) is 0 Å². The van der Waals surface area contributed by atoms with Gasteiger partial charge in [0.1, 0.15) is 5.60 Å². The Morgan fingerprint density at radius 3 is 2.50 bits per heavy atom. The molecule has 0 aromatic heterocycles. The Balaban J connectivity index is 2.91. The molecule has 1 heterocycles. The van der Waals surface area contributed by atoms with Crippen LogP contribution in [0.3, 0.4) is 0 Å². The zero-order valence-corrected chi connectivity index (χ0v) is 8.23. The van der Waals surface area contributed by atoms with Crippen LogP contribution in [0.1, 0.15) is 40.5 Å². The molecule has 0 N–H and O–H groups in total. The normalized spacial score (nSPS) is 25.5. The second kappa shape index (κ2) is 2.92. The molecule has 12 heavy (non-hydrogen) atoms. The van der Waals surface area contributed by atoms with Gasteiger partial charge in [-0.05, 0) is 27.2 Å². The Bertz CT molecular complexity index is 236. The van der Waals surface area contributed by atoms with Crippen LogP contribution in [0.5, 0.6) is 0 Å². The van der Waals surface area contributed by atoms with E-state index in [1.165, 1.54) is 0 Å². The summed E-state index contributed by atoms with van der Waals surface area (Å²) < 4.78 is 5.19. The van der Waals surface area contributed by atoms with Gasteiger partial charge in [0.05, 0.1) is 0 Å². The summed E-state index contributed by atoms with van der Waals surface area (Å²) in [4.78, 5) is 11.3. The van der Waals surface area contributed by atoms with Crippen LogP contribution >= 0.6 is 0 Å². The molecule has 1 saturated heterocycles. The molecule has 0 bridgehead atoms. The van der Waals surface area contributed by atoms with Gasteiger partial charge in [-0.25, -0.2) is 4.79 Å². The molecule has 0 aromatic rings. The molecule has 1 rings (SSSR count). The highest BCUT2D eigenvalue weighted by Gasteiger charge is 2.36. The average molecular weight is 168 g/mol. The van der Waals surface area contributed by atoms with Crippen LogP contribution in [-0.2, 0) is 9.53 Å². The first-order chi connectivity index (χ1) is 5.46. The first kappa shape index (κ1) is 9.30. The van der Waals surface area contributed by atoms with E-state index >= 15 is 0 Å². The first-order valence-electron chi connectivity index (χ1n) is 4.38. The van der Waals surface area contributed by atoms with Crippen molar-refractivity contribution in [3.05, 3.63) is 11.1 Å². The van der Waals surface area contributed by atoms with Gasteiger partial charge in [0.2, 0.25) is 0 Å². The molecule has 1 fully saturated rings. The zero-order chi connectivity index (χ0) is 9.35. The topological polar surface area (TPSA) is 26.3 Å². The summed E-state index contributed by atoms with van der Waals surface area (Å²) in [7, 11) is 0. The van der Waals surface area contributed by atoms with E-state index in [4.69, 9.17) is 4.74 Å². The molecule has 0 aromatic carbocycles. The SMILES string of the molecule is CC/C(C)=C1/CC(C)(C)OC1=O. The third kappa shape index (κ3) is 1.68. The molecule has 0 spiro atoms. The Morgan fingerprint density at radius 1 is 1.58 bits per heavy atom. The van der Waals surface area contributed by atoms with E-state index < -0.39 is 0 Å². The highest BCUT2D eigenvalue weighted by Crippen LogP contribution is 2.32. The van der Waals surface area contributed by atoms with E-state index in [1.807, 2.05) is 20.8 Å². The Hall–Kier alpha value is -0.790. The maximum atomic E-state index is 11.3. The molecule has 0 saturated carbocycles. The van der Waals surface area contributed by atoms with Gasteiger partial charge in [0.25, 0.3) is 0 Å². The monoisotopic (exact) mass is 168 g/mol. The number of carbonyl (C=O) groups excluding carboxylic acids is 1. The fraction of sp³-hybridized carbons (Fsp3) is 0.700. The number of ether oxygens (including phenoxy) is 1. The third-order valence-corrected chi connectivity index (χ3v) is 2.26. The van der Waals surface area contributed by atoms with E-state index in [0.29, 0.717) is 0 Å². The van der Waals surface area contributed by atoms with E-state index in [2.05, 4.69) is 6.92 Å². The molecule has 1 aliphatic rings. The van der Waals surface area contributed by atoms with Crippen molar-refractivity contribution in [2.75, 3.05) is 0 Å². The minimum absolute atomic E-state index is 0.126. The quantitative estimate of drug-likeness (QED) is 0.444. The second-order valence-electron chi connectivity index (χ2n) is 3.94. The third-order valence-electron chi connectivity index (χ3n) is 2.26. The van der Waals surface area contributed by atoms with Crippen molar-refractivity contribution < 1.29 is 9.53 Å². The fourth-order valence-electron chi connectivity index (χ4n) is 1.39. The van der Waals surface area contributed by atoms with Gasteiger partial charge < -0.3 is 4.74 Å². The number of allylic oxidation sites excluding steroid dienone is 1. The number of esters is 1. The minimum atomic E-state index is -0.289. The summed E-state index contributed by atoms with van der Waals surface area (Å²) in [6.45, 7) is 7.95. The zero-order valence-electron chi connectivity index (χ0n) is 8.23. The van der Waals surface area contributed by atoms with Crippen LogP contribution in [0.2, 0.25) is 0 Å². The van der Waals surface area contributed by atoms with E-state index in [9.17, 15) is 4.79 Å². The Kier molecular flexibility index (Phi) is 2.27. The van der Waals surface area contributed by atoms with Crippen LogP contribution in [0.15, 0.2) is 11.1 Å². The van der Waals surface area contributed by atoms with Gasteiger partial charge in [-0.15, -0.1) is 0 Å². The minimum Gasteiger partial charge on any atom is -0.456 e. The largest absolute Gasteiger partial charge is 0.456 e. The molecule has 0 aliphatic carbocycles. The lowest BCUT2D eigenvalue weighted by atomic mass is 9.98. The summed E-state index contributed by atoms with van der Waals surface area (Å²) in [6, 6.07) is 0. The highest BCUT2D eigenvalue weighted by atomic mass is 16.6. The van der Waals surface area contributed by atoms with E-state index in [-0.39, 0.29) is 11.6 Å². The number of hydrogen-bond acceptors (Lipinski definition) is 2. The maximum absolute atomic E-state index is 11.3. The number of carbonyl (C=O) groups is 1. The predicted molar refractivity (Wildman–Crippen MR) is 47.8 cm³/mol. The van der Waals surface area contributed by atoms with Crippen molar-refractivity contribution in [3.63, 3.8) is 0 Å². The van der Waals surface area contributed by atoms with E-state index in [1.54, 1.807) is 0 Å². The first-order valence-corrected chi connectivity index (χ1v) is 4.38. The van der Waals surface area contributed by atoms with Crippen LogP contribution in [0.25, 0.3) is 0 Å². The molecule has 0 atom stereocenters. The van der Waals surface area contributed by atoms with Crippen molar-refractivity contribution in [1.29, 1.82) is 0 Å². The lowest BCUT2D eigenvalue weighted by Gasteiger charge is -2.13. The van der Waals surface area contributed by atoms with Gasteiger partial charge in [-0.3, -0.25) is 0 Å². The fourth-order valence-corrected chi connectivity index (χ4v) is 1.39. The predicted octanol–water partition coefficient (Wildman–Crippen LogP) is 2.44. The van der Waals surface area contributed by atoms with Gasteiger partial charge >= 0.3 is 5.97 Å². The molecule has 2 nitrogen and oxygen atoms in total. The summed E-state index contributed by atoms with van der Waals surface area (Å²) in [5, 5.41) is 0. The van der Waals surface area contributed by atoms with Crippen LogP contribution in [0, 0.1) is 0 Å². The molecule has 1 aliphatic heterocycles. The van der Waals surface area contributed by atoms with Crippen molar-refractivity contribution in [2.24, 2.45) is 0 Å². The van der Waals surface area contributed by atoms with E-state index in [0.717, 1.165) is 24.0 Å². The molecular formula is C10H16O2. The average Bonchev–Trinajstić information content (AvgIpc) is 2.23. The second-order valence-corrected chi connectivity index (χ2v) is 3.94. The van der Waals surface area contributed by atoms with Gasteiger partial charge in [-0.1, -0.05) is 12.5 Å².